The van der Waals surface area contributed by atoms with Crippen LogP contribution in [0.15, 0.2) is 16.7 Å². The molecule has 2 heterocycles. The maximum absolute atomic E-state index is 11.8. The van der Waals surface area contributed by atoms with E-state index in [1.807, 2.05) is 26.8 Å². The third-order valence-corrected chi connectivity index (χ3v) is 4.20. The molecule has 5 heteroatoms. The highest BCUT2D eigenvalue weighted by molar-refractivity contribution is 7.18. The molecule has 2 N–H and O–H groups in total. The summed E-state index contributed by atoms with van der Waals surface area (Å²) >= 11 is 1.33. The zero-order valence-electron chi connectivity index (χ0n) is 11.4. The van der Waals surface area contributed by atoms with Crippen LogP contribution in [0, 0.1) is 6.92 Å². The van der Waals surface area contributed by atoms with E-state index in [-0.39, 0.29) is 5.92 Å². The Balaban J connectivity index is 2.67. The van der Waals surface area contributed by atoms with Crippen molar-refractivity contribution in [3.63, 3.8) is 0 Å². The van der Waals surface area contributed by atoms with Gasteiger partial charge < -0.3 is 14.9 Å². The van der Waals surface area contributed by atoms with Crippen molar-refractivity contribution in [2.75, 3.05) is 12.8 Å². The van der Waals surface area contributed by atoms with E-state index < -0.39 is 5.97 Å². The minimum atomic E-state index is -0.403. The predicted molar refractivity (Wildman–Crippen MR) is 76.6 cm³/mol. The number of thiophene rings is 1. The van der Waals surface area contributed by atoms with Crippen LogP contribution in [0.2, 0.25) is 0 Å². The highest BCUT2D eigenvalue weighted by Gasteiger charge is 2.26. The first-order valence-corrected chi connectivity index (χ1v) is 6.84. The number of rotatable bonds is 3. The molecule has 0 fully saturated rings. The van der Waals surface area contributed by atoms with Gasteiger partial charge in [-0.3, -0.25) is 0 Å². The van der Waals surface area contributed by atoms with Crippen LogP contribution in [0.3, 0.4) is 0 Å². The number of nitrogens with two attached hydrogens (primary N) is 1. The topological polar surface area (TPSA) is 65.5 Å². The Bertz CT molecular complexity index is 610. The zero-order chi connectivity index (χ0) is 14.2. The second-order valence-electron chi connectivity index (χ2n) is 4.67. The summed E-state index contributed by atoms with van der Waals surface area (Å²) in [6.07, 6.45) is 1.64. The van der Waals surface area contributed by atoms with Crippen molar-refractivity contribution in [1.29, 1.82) is 0 Å². The molecule has 0 bridgehead atoms. The second kappa shape index (κ2) is 5.09. The van der Waals surface area contributed by atoms with Crippen LogP contribution in [0.4, 0.5) is 5.69 Å². The van der Waals surface area contributed by atoms with Gasteiger partial charge in [-0.05, 0) is 24.5 Å². The van der Waals surface area contributed by atoms with Gasteiger partial charge in [0.2, 0.25) is 0 Å². The van der Waals surface area contributed by atoms with Crippen LogP contribution in [0.1, 0.15) is 40.6 Å². The molecule has 19 heavy (non-hydrogen) atoms. The van der Waals surface area contributed by atoms with E-state index in [0.717, 1.165) is 21.8 Å². The Hall–Kier alpha value is -1.75. The fourth-order valence-electron chi connectivity index (χ4n) is 2.05. The van der Waals surface area contributed by atoms with E-state index in [4.69, 9.17) is 14.9 Å². The van der Waals surface area contributed by atoms with Crippen LogP contribution in [0.5, 0.6) is 0 Å². The Morgan fingerprint density at radius 3 is 2.63 bits per heavy atom. The summed E-state index contributed by atoms with van der Waals surface area (Å²) in [5.74, 6) is 0.574. The summed E-state index contributed by atoms with van der Waals surface area (Å²) in [7, 11) is 1.36. The van der Waals surface area contributed by atoms with E-state index >= 15 is 0 Å². The van der Waals surface area contributed by atoms with Crippen molar-refractivity contribution >= 4 is 23.0 Å². The monoisotopic (exact) mass is 279 g/mol. The molecule has 0 atom stereocenters. The number of hydrogen-bond acceptors (Lipinski definition) is 5. The van der Waals surface area contributed by atoms with Crippen molar-refractivity contribution in [2.45, 2.75) is 26.7 Å². The largest absolute Gasteiger partial charge is 0.465 e. The van der Waals surface area contributed by atoms with Crippen LogP contribution in [-0.4, -0.2) is 13.1 Å². The van der Waals surface area contributed by atoms with Crippen LogP contribution < -0.4 is 5.73 Å². The van der Waals surface area contributed by atoms with Gasteiger partial charge in [0.25, 0.3) is 0 Å². The Morgan fingerprint density at radius 2 is 2.16 bits per heavy atom. The van der Waals surface area contributed by atoms with Crippen LogP contribution >= 0.6 is 11.3 Å². The lowest BCUT2D eigenvalue weighted by Gasteiger charge is -2.07. The molecule has 0 saturated carbocycles. The molecular weight excluding hydrogens is 262 g/mol. The van der Waals surface area contributed by atoms with Crippen molar-refractivity contribution in [3.05, 3.63) is 28.3 Å². The number of hydrogen-bond donors (Lipinski definition) is 1. The molecule has 0 amide bonds. The molecule has 4 nitrogen and oxygen atoms in total. The fourth-order valence-corrected chi connectivity index (χ4v) is 3.40. The second-order valence-corrected chi connectivity index (χ2v) is 5.69. The van der Waals surface area contributed by atoms with Gasteiger partial charge in [0, 0.05) is 5.56 Å². The van der Waals surface area contributed by atoms with Gasteiger partial charge in [-0.1, -0.05) is 13.8 Å². The maximum atomic E-state index is 11.8. The molecular formula is C14H17NO3S. The predicted octanol–water partition coefficient (Wildman–Crippen LogP) is 3.81. The molecule has 0 spiro atoms. The molecule has 2 aromatic rings. The number of ether oxygens (including phenoxy) is 1. The molecule has 102 valence electrons. The molecule has 0 radical (unpaired) electrons. The highest BCUT2D eigenvalue weighted by Crippen LogP contribution is 2.44. The van der Waals surface area contributed by atoms with E-state index in [1.165, 1.54) is 18.4 Å². The summed E-state index contributed by atoms with van der Waals surface area (Å²) in [6, 6.07) is 1.90. The molecule has 2 aromatic heterocycles. The average molecular weight is 279 g/mol. The lowest BCUT2D eigenvalue weighted by atomic mass is 10.00. The van der Waals surface area contributed by atoms with E-state index in [1.54, 1.807) is 6.26 Å². The van der Waals surface area contributed by atoms with Gasteiger partial charge in [0.15, 0.2) is 0 Å². The van der Waals surface area contributed by atoms with Crippen molar-refractivity contribution < 1.29 is 13.9 Å². The van der Waals surface area contributed by atoms with Crippen molar-refractivity contribution in [1.82, 2.24) is 0 Å². The van der Waals surface area contributed by atoms with Crippen LogP contribution in [0.25, 0.3) is 10.6 Å². The first-order chi connectivity index (χ1) is 8.97. The zero-order valence-corrected chi connectivity index (χ0v) is 12.3. The normalized spacial score (nSPS) is 11.0. The first-order valence-electron chi connectivity index (χ1n) is 6.02. The average Bonchev–Trinajstić information content (AvgIpc) is 2.91. The first kappa shape index (κ1) is 13.7. The van der Waals surface area contributed by atoms with Gasteiger partial charge in [0.1, 0.15) is 10.6 Å². The van der Waals surface area contributed by atoms with Gasteiger partial charge in [-0.2, -0.15) is 0 Å². The quantitative estimate of drug-likeness (QED) is 0.868. The molecule has 0 aliphatic rings. The van der Waals surface area contributed by atoms with Crippen LogP contribution in [-0.2, 0) is 4.74 Å². The third kappa shape index (κ3) is 2.26. The summed E-state index contributed by atoms with van der Waals surface area (Å²) in [4.78, 5) is 13.1. The summed E-state index contributed by atoms with van der Waals surface area (Å²) < 4.78 is 10.3. The van der Waals surface area contributed by atoms with E-state index in [2.05, 4.69) is 0 Å². The summed E-state index contributed by atoms with van der Waals surface area (Å²) in [5.41, 5.74) is 8.58. The molecule has 2 rings (SSSR count). The van der Waals surface area contributed by atoms with E-state index in [0.29, 0.717) is 10.6 Å². The standard InChI is InChI=1S/C14H17NO3S/c1-7(2)9-10(15)13(14(16)17-4)19-12(9)11-8(3)5-6-18-11/h5-7H,15H2,1-4H3. The summed E-state index contributed by atoms with van der Waals surface area (Å²) in [5, 5.41) is 0. The van der Waals surface area contributed by atoms with Gasteiger partial charge in [-0.25, -0.2) is 4.79 Å². The lowest BCUT2D eigenvalue weighted by molar-refractivity contribution is 0.0607. The maximum Gasteiger partial charge on any atom is 0.350 e. The van der Waals surface area contributed by atoms with Gasteiger partial charge >= 0.3 is 5.97 Å². The lowest BCUT2D eigenvalue weighted by Crippen LogP contribution is -2.03. The van der Waals surface area contributed by atoms with E-state index in [9.17, 15) is 4.79 Å². The Morgan fingerprint density at radius 1 is 1.47 bits per heavy atom. The van der Waals surface area contributed by atoms with Crippen molar-refractivity contribution in [3.8, 4) is 10.6 Å². The Kier molecular flexibility index (Phi) is 3.66. The minimum Gasteiger partial charge on any atom is -0.465 e. The van der Waals surface area contributed by atoms with Gasteiger partial charge in [-0.15, -0.1) is 11.3 Å². The number of carbonyl (C=O) groups is 1. The Labute approximate surface area is 116 Å². The number of esters is 1. The molecule has 0 unspecified atom stereocenters. The highest BCUT2D eigenvalue weighted by atomic mass is 32.1. The number of anilines is 1. The molecule has 0 aliphatic heterocycles. The summed E-state index contributed by atoms with van der Waals surface area (Å²) in [6.45, 7) is 6.05. The third-order valence-electron chi connectivity index (χ3n) is 3.00. The van der Waals surface area contributed by atoms with Gasteiger partial charge in [0.05, 0.1) is 23.9 Å². The number of nitrogen functional groups attached to an aromatic ring is 1. The number of furan rings is 1. The van der Waals surface area contributed by atoms with Crippen molar-refractivity contribution in [2.24, 2.45) is 0 Å². The number of aryl methyl sites for hydroxylation is 1. The number of carbonyl (C=O) groups excluding carboxylic acids is 1. The number of methoxy groups -OCH3 is 1. The minimum absolute atomic E-state index is 0.203. The fraction of sp³-hybridized carbons (Fsp3) is 0.357. The smallest absolute Gasteiger partial charge is 0.350 e. The molecule has 0 aliphatic carbocycles. The molecule has 0 aromatic carbocycles. The SMILES string of the molecule is COC(=O)c1sc(-c2occc2C)c(C(C)C)c1N. The molecule has 0 saturated heterocycles.